The van der Waals surface area contributed by atoms with Crippen molar-refractivity contribution in [3.8, 4) is 0 Å². The van der Waals surface area contributed by atoms with E-state index in [9.17, 15) is 0 Å². The normalized spacial score (nSPS) is 45.0. The van der Waals surface area contributed by atoms with E-state index < -0.39 is 0 Å². The maximum atomic E-state index is 5.46. The van der Waals surface area contributed by atoms with Gasteiger partial charge in [-0.2, -0.15) is 0 Å². The molecule has 0 spiro atoms. The summed E-state index contributed by atoms with van der Waals surface area (Å²) in [5.41, 5.74) is 0. The van der Waals surface area contributed by atoms with Gasteiger partial charge < -0.3 is 4.74 Å². The van der Waals surface area contributed by atoms with Crippen LogP contribution in [-0.4, -0.2) is 12.7 Å². The van der Waals surface area contributed by atoms with Crippen LogP contribution in [0.4, 0.5) is 0 Å². The van der Waals surface area contributed by atoms with Gasteiger partial charge in [-0.05, 0) is 25.2 Å². The molecule has 1 saturated heterocycles. The van der Waals surface area contributed by atoms with Crippen molar-refractivity contribution in [2.45, 2.75) is 33.3 Å². The van der Waals surface area contributed by atoms with Gasteiger partial charge in [0.2, 0.25) is 0 Å². The molecule has 0 amide bonds. The van der Waals surface area contributed by atoms with Crippen molar-refractivity contribution in [2.24, 2.45) is 11.8 Å². The molecule has 1 nitrogen and oxygen atoms in total. The molecule has 0 radical (unpaired) electrons. The summed E-state index contributed by atoms with van der Waals surface area (Å²) in [6.45, 7) is 7.69. The van der Waals surface area contributed by atoms with Crippen LogP contribution in [0.25, 0.3) is 0 Å². The molecule has 1 fully saturated rings. The summed E-state index contributed by atoms with van der Waals surface area (Å²) < 4.78 is 5.46. The maximum Gasteiger partial charge on any atom is 0.0549 e. The first-order valence-corrected chi connectivity index (χ1v) is 3.81. The predicted octanol–water partition coefficient (Wildman–Crippen LogP) is 2.07. The summed E-state index contributed by atoms with van der Waals surface area (Å²) in [6, 6.07) is 0. The van der Waals surface area contributed by atoms with Crippen LogP contribution in [0.3, 0.4) is 0 Å². The van der Waals surface area contributed by atoms with Gasteiger partial charge in [-0.3, -0.25) is 0 Å². The summed E-state index contributed by atoms with van der Waals surface area (Å²) in [7, 11) is 0. The van der Waals surface area contributed by atoms with Crippen molar-refractivity contribution >= 4 is 0 Å². The molecule has 0 aromatic carbocycles. The van der Waals surface area contributed by atoms with Crippen molar-refractivity contribution in [1.29, 1.82) is 0 Å². The highest BCUT2D eigenvalue weighted by Crippen LogP contribution is 2.23. The van der Waals surface area contributed by atoms with Crippen LogP contribution in [0.15, 0.2) is 0 Å². The molecule has 1 unspecified atom stereocenters. The zero-order valence-corrected chi connectivity index (χ0v) is 6.55. The van der Waals surface area contributed by atoms with Crippen LogP contribution in [0, 0.1) is 11.8 Å². The van der Waals surface area contributed by atoms with Crippen LogP contribution >= 0.6 is 0 Å². The van der Waals surface area contributed by atoms with Gasteiger partial charge in [0.15, 0.2) is 0 Å². The molecule has 0 bridgehead atoms. The molecular weight excluding hydrogens is 112 g/mol. The van der Waals surface area contributed by atoms with Gasteiger partial charge in [0.05, 0.1) is 6.10 Å². The first-order valence-electron chi connectivity index (χ1n) is 3.81. The van der Waals surface area contributed by atoms with E-state index in [1.807, 2.05) is 0 Å². The Balaban J connectivity index is 2.35. The highest BCUT2D eigenvalue weighted by molar-refractivity contribution is 4.70. The van der Waals surface area contributed by atoms with Gasteiger partial charge in [-0.1, -0.05) is 13.8 Å². The Morgan fingerprint density at radius 3 is 2.22 bits per heavy atom. The van der Waals surface area contributed by atoms with Crippen LogP contribution in [0.1, 0.15) is 27.2 Å². The van der Waals surface area contributed by atoms with Gasteiger partial charge in [0.25, 0.3) is 0 Å². The fourth-order valence-corrected chi connectivity index (χ4v) is 1.30. The molecule has 1 rings (SSSR count). The predicted molar refractivity (Wildman–Crippen MR) is 38.4 cm³/mol. The third-order valence-corrected chi connectivity index (χ3v) is 2.32. The Morgan fingerprint density at radius 2 is 1.78 bits per heavy atom. The summed E-state index contributed by atoms with van der Waals surface area (Å²) in [5.74, 6) is 1.62. The van der Waals surface area contributed by atoms with Gasteiger partial charge in [0, 0.05) is 6.61 Å². The van der Waals surface area contributed by atoms with E-state index in [1.54, 1.807) is 0 Å². The van der Waals surface area contributed by atoms with E-state index in [4.69, 9.17) is 4.74 Å². The van der Waals surface area contributed by atoms with Crippen LogP contribution < -0.4 is 0 Å². The van der Waals surface area contributed by atoms with E-state index in [2.05, 4.69) is 20.8 Å². The van der Waals surface area contributed by atoms with Crippen molar-refractivity contribution in [2.75, 3.05) is 6.61 Å². The minimum Gasteiger partial charge on any atom is -0.378 e. The molecule has 0 aromatic rings. The molecule has 0 aliphatic carbocycles. The molecule has 0 saturated carbocycles. The Morgan fingerprint density at radius 1 is 1.11 bits per heavy atom. The number of hydrogen-bond donors (Lipinski definition) is 0. The van der Waals surface area contributed by atoms with Crippen molar-refractivity contribution in [1.82, 2.24) is 0 Å². The fourth-order valence-electron chi connectivity index (χ4n) is 1.30. The monoisotopic (exact) mass is 128 g/mol. The lowest BCUT2D eigenvalue weighted by molar-refractivity contribution is -0.0263. The van der Waals surface area contributed by atoms with Gasteiger partial charge in [0.1, 0.15) is 0 Å². The zero-order valence-electron chi connectivity index (χ0n) is 6.55. The van der Waals surface area contributed by atoms with Crippen molar-refractivity contribution in [3.63, 3.8) is 0 Å². The van der Waals surface area contributed by atoms with E-state index in [-0.39, 0.29) is 0 Å². The van der Waals surface area contributed by atoms with E-state index in [0.29, 0.717) is 6.10 Å². The minimum absolute atomic E-state index is 0.496. The summed E-state index contributed by atoms with van der Waals surface area (Å²) in [5, 5.41) is 0. The van der Waals surface area contributed by atoms with E-state index >= 15 is 0 Å². The summed E-state index contributed by atoms with van der Waals surface area (Å²) in [4.78, 5) is 0. The van der Waals surface area contributed by atoms with E-state index in [0.717, 1.165) is 18.4 Å². The first kappa shape index (κ1) is 7.07. The number of hydrogen-bond acceptors (Lipinski definition) is 1. The Kier molecular flexibility index (Phi) is 2.12. The molecule has 1 aliphatic heterocycles. The SMILES string of the molecule is CC1C[C@H](C)OC[C@H]1C. The molecule has 1 heteroatoms. The Labute approximate surface area is 57.4 Å². The molecule has 3 atom stereocenters. The highest BCUT2D eigenvalue weighted by Gasteiger charge is 2.21. The molecule has 0 aromatic heterocycles. The largest absolute Gasteiger partial charge is 0.378 e. The second kappa shape index (κ2) is 2.70. The van der Waals surface area contributed by atoms with E-state index in [1.165, 1.54) is 6.42 Å². The average molecular weight is 128 g/mol. The first-order chi connectivity index (χ1) is 4.20. The lowest BCUT2D eigenvalue weighted by Gasteiger charge is -2.30. The average Bonchev–Trinajstić information content (AvgIpc) is 1.80. The smallest absolute Gasteiger partial charge is 0.0549 e. The van der Waals surface area contributed by atoms with Crippen LogP contribution in [-0.2, 0) is 4.74 Å². The lowest BCUT2D eigenvalue weighted by atomic mass is 9.89. The summed E-state index contributed by atoms with van der Waals surface area (Å²) >= 11 is 0. The zero-order chi connectivity index (χ0) is 6.85. The third kappa shape index (κ3) is 1.68. The molecular formula is C8H16O. The lowest BCUT2D eigenvalue weighted by Crippen LogP contribution is -2.28. The molecule has 9 heavy (non-hydrogen) atoms. The third-order valence-electron chi connectivity index (χ3n) is 2.32. The number of rotatable bonds is 0. The number of ether oxygens (including phenoxy) is 1. The minimum atomic E-state index is 0.496. The second-order valence-electron chi connectivity index (χ2n) is 3.33. The molecule has 1 heterocycles. The fraction of sp³-hybridized carbons (Fsp3) is 1.00. The quantitative estimate of drug-likeness (QED) is 0.485. The standard InChI is InChI=1S/C8H16O/c1-6-4-8(3)9-5-7(6)2/h6-8H,4-5H2,1-3H3/t6?,7-,8+/m1/s1. The molecule has 54 valence electrons. The topological polar surface area (TPSA) is 9.23 Å². The van der Waals surface area contributed by atoms with Crippen molar-refractivity contribution < 1.29 is 4.74 Å². The Hall–Kier alpha value is -0.0400. The van der Waals surface area contributed by atoms with Crippen LogP contribution in [0.2, 0.25) is 0 Å². The van der Waals surface area contributed by atoms with Crippen LogP contribution in [0.5, 0.6) is 0 Å². The molecule has 1 aliphatic rings. The van der Waals surface area contributed by atoms with Gasteiger partial charge in [-0.25, -0.2) is 0 Å². The van der Waals surface area contributed by atoms with Crippen molar-refractivity contribution in [3.05, 3.63) is 0 Å². The highest BCUT2D eigenvalue weighted by atomic mass is 16.5. The maximum absolute atomic E-state index is 5.46. The van der Waals surface area contributed by atoms with Gasteiger partial charge in [-0.15, -0.1) is 0 Å². The van der Waals surface area contributed by atoms with Gasteiger partial charge >= 0.3 is 0 Å². The summed E-state index contributed by atoms with van der Waals surface area (Å²) in [6.07, 6.45) is 1.73. The second-order valence-corrected chi connectivity index (χ2v) is 3.33. The molecule has 0 N–H and O–H groups in total. The Bertz CT molecular complexity index is 90.6.